The standard InChI is InChI=1S/C19H26N2/c1-5-12-20-19(18-11-7-10-16(4)21-18)13-17-14(2)8-6-9-15(17)3/h6-11,19-20H,5,12-13H2,1-4H3. The lowest BCUT2D eigenvalue weighted by molar-refractivity contribution is 0.515. The van der Waals surface area contributed by atoms with Gasteiger partial charge in [0.2, 0.25) is 0 Å². The Morgan fingerprint density at radius 2 is 1.67 bits per heavy atom. The van der Waals surface area contributed by atoms with E-state index in [0.29, 0.717) is 0 Å². The average Bonchev–Trinajstić information content (AvgIpc) is 2.46. The molecule has 1 aromatic carbocycles. The van der Waals surface area contributed by atoms with Crippen LogP contribution in [0.1, 0.15) is 47.5 Å². The number of aryl methyl sites for hydroxylation is 3. The zero-order valence-corrected chi connectivity index (χ0v) is 13.6. The van der Waals surface area contributed by atoms with Crippen molar-refractivity contribution in [3.05, 3.63) is 64.5 Å². The summed E-state index contributed by atoms with van der Waals surface area (Å²) in [5, 5.41) is 3.65. The number of pyridine rings is 1. The van der Waals surface area contributed by atoms with Crippen LogP contribution in [0.15, 0.2) is 36.4 Å². The Bertz CT molecular complexity index is 570. The zero-order chi connectivity index (χ0) is 15.2. The summed E-state index contributed by atoms with van der Waals surface area (Å²) in [6.45, 7) is 9.67. The Labute approximate surface area is 128 Å². The molecule has 0 radical (unpaired) electrons. The van der Waals surface area contributed by atoms with Gasteiger partial charge in [0.05, 0.1) is 11.7 Å². The fraction of sp³-hybridized carbons (Fsp3) is 0.421. The second kappa shape index (κ2) is 7.37. The summed E-state index contributed by atoms with van der Waals surface area (Å²) in [4.78, 5) is 4.72. The molecule has 1 heterocycles. The van der Waals surface area contributed by atoms with E-state index in [1.165, 1.54) is 16.7 Å². The smallest absolute Gasteiger partial charge is 0.0579 e. The molecule has 0 spiro atoms. The van der Waals surface area contributed by atoms with Crippen LogP contribution in [0.4, 0.5) is 0 Å². The molecule has 2 heteroatoms. The summed E-state index contributed by atoms with van der Waals surface area (Å²) in [6, 6.07) is 13.1. The molecule has 0 aliphatic carbocycles. The maximum Gasteiger partial charge on any atom is 0.0579 e. The predicted octanol–water partition coefficient (Wildman–Crippen LogP) is 4.29. The quantitative estimate of drug-likeness (QED) is 0.855. The van der Waals surface area contributed by atoms with Gasteiger partial charge < -0.3 is 5.32 Å². The minimum Gasteiger partial charge on any atom is -0.308 e. The van der Waals surface area contributed by atoms with Crippen molar-refractivity contribution in [3.8, 4) is 0 Å². The third-order valence-electron chi connectivity index (χ3n) is 3.96. The second-order valence-corrected chi connectivity index (χ2v) is 5.79. The van der Waals surface area contributed by atoms with Gasteiger partial charge in [-0.15, -0.1) is 0 Å². The number of nitrogens with zero attached hydrogens (tertiary/aromatic N) is 1. The van der Waals surface area contributed by atoms with Crippen molar-refractivity contribution >= 4 is 0 Å². The second-order valence-electron chi connectivity index (χ2n) is 5.79. The molecule has 0 saturated carbocycles. The summed E-state index contributed by atoms with van der Waals surface area (Å²) in [5.41, 5.74) is 6.40. The molecule has 2 aromatic rings. The van der Waals surface area contributed by atoms with Crippen molar-refractivity contribution in [1.29, 1.82) is 0 Å². The van der Waals surface area contributed by atoms with E-state index in [1.54, 1.807) is 0 Å². The molecule has 2 rings (SSSR count). The van der Waals surface area contributed by atoms with Crippen LogP contribution in [-0.2, 0) is 6.42 Å². The lowest BCUT2D eigenvalue weighted by Crippen LogP contribution is -2.25. The molecule has 0 aliphatic heterocycles. The van der Waals surface area contributed by atoms with Crippen LogP contribution in [-0.4, -0.2) is 11.5 Å². The van der Waals surface area contributed by atoms with Crippen molar-refractivity contribution in [2.75, 3.05) is 6.54 Å². The molecule has 1 aromatic heterocycles. The highest BCUT2D eigenvalue weighted by Gasteiger charge is 2.15. The van der Waals surface area contributed by atoms with Crippen LogP contribution in [0.25, 0.3) is 0 Å². The van der Waals surface area contributed by atoms with E-state index in [9.17, 15) is 0 Å². The number of hydrogen-bond donors (Lipinski definition) is 1. The monoisotopic (exact) mass is 282 g/mol. The van der Waals surface area contributed by atoms with E-state index in [2.05, 4.69) is 69.4 Å². The van der Waals surface area contributed by atoms with Gasteiger partial charge in [-0.2, -0.15) is 0 Å². The van der Waals surface area contributed by atoms with E-state index < -0.39 is 0 Å². The van der Waals surface area contributed by atoms with Gasteiger partial charge >= 0.3 is 0 Å². The maximum absolute atomic E-state index is 4.72. The van der Waals surface area contributed by atoms with Gasteiger partial charge in [-0.3, -0.25) is 4.98 Å². The summed E-state index contributed by atoms with van der Waals surface area (Å²) < 4.78 is 0. The molecule has 0 aliphatic rings. The molecule has 21 heavy (non-hydrogen) atoms. The molecule has 0 amide bonds. The summed E-state index contributed by atoms with van der Waals surface area (Å²) in [6.07, 6.45) is 2.13. The topological polar surface area (TPSA) is 24.9 Å². The normalized spacial score (nSPS) is 12.4. The molecule has 2 nitrogen and oxygen atoms in total. The first kappa shape index (κ1) is 15.7. The Hall–Kier alpha value is -1.67. The minimum atomic E-state index is 0.282. The summed E-state index contributed by atoms with van der Waals surface area (Å²) >= 11 is 0. The fourth-order valence-electron chi connectivity index (χ4n) is 2.73. The predicted molar refractivity (Wildman–Crippen MR) is 89.6 cm³/mol. The van der Waals surface area contributed by atoms with E-state index >= 15 is 0 Å². The lowest BCUT2D eigenvalue weighted by atomic mass is 9.94. The molecule has 0 bridgehead atoms. The maximum atomic E-state index is 4.72. The zero-order valence-electron chi connectivity index (χ0n) is 13.6. The number of aromatic nitrogens is 1. The largest absolute Gasteiger partial charge is 0.308 e. The van der Waals surface area contributed by atoms with Crippen molar-refractivity contribution < 1.29 is 0 Å². The van der Waals surface area contributed by atoms with Crippen LogP contribution in [0.5, 0.6) is 0 Å². The van der Waals surface area contributed by atoms with E-state index in [-0.39, 0.29) is 6.04 Å². The summed E-state index contributed by atoms with van der Waals surface area (Å²) in [5.74, 6) is 0. The van der Waals surface area contributed by atoms with Crippen molar-refractivity contribution in [1.82, 2.24) is 10.3 Å². The van der Waals surface area contributed by atoms with Gasteiger partial charge in [0.25, 0.3) is 0 Å². The number of benzene rings is 1. The van der Waals surface area contributed by atoms with E-state index in [1.807, 2.05) is 0 Å². The molecule has 112 valence electrons. The Morgan fingerprint density at radius 3 is 2.29 bits per heavy atom. The summed E-state index contributed by atoms with van der Waals surface area (Å²) in [7, 11) is 0. The first-order chi connectivity index (χ1) is 10.1. The van der Waals surface area contributed by atoms with Gasteiger partial charge in [-0.25, -0.2) is 0 Å². The van der Waals surface area contributed by atoms with Crippen LogP contribution in [0.2, 0.25) is 0 Å². The molecule has 1 atom stereocenters. The van der Waals surface area contributed by atoms with Crippen LogP contribution in [0, 0.1) is 20.8 Å². The van der Waals surface area contributed by atoms with Crippen molar-refractivity contribution in [3.63, 3.8) is 0 Å². The number of nitrogens with one attached hydrogen (secondary N) is 1. The lowest BCUT2D eigenvalue weighted by Gasteiger charge is -2.21. The van der Waals surface area contributed by atoms with Crippen LogP contribution in [0.3, 0.4) is 0 Å². The highest BCUT2D eigenvalue weighted by Crippen LogP contribution is 2.22. The molecular weight excluding hydrogens is 256 g/mol. The SMILES string of the molecule is CCCNC(Cc1c(C)cccc1C)c1cccc(C)n1. The van der Waals surface area contributed by atoms with Gasteiger partial charge in [-0.05, 0) is 69.0 Å². The number of hydrogen-bond acceptors (Lipinski definition) is 2. The molecule has 0 saturated heterocycles. The average molecular weight is 282 g/mol. The number of rotatable bonds is 6. The molecule has 0 fully saturated rings. The first-order valence-electron chi connectivity index (χ1n) is 7.84. The van der Waals surface area contributed by atoms with Gasteiger partial charge in [-0.1, -0.05) is 31.2 Å². The third kappa shape index (κ3) is 4.15. The van der Waals surface area contributed by atoms with Gasteiger partial charge in [0.15, 0.2) is 0 Å². The molecular formula is C19H26N2. The molecule has 1 N–H and O–H groups in total. The van der Waals surface area contributed by atoms with Crippen molar-refractivity contribution in [2.24, 2.45) is 0 Å². The highest BCUT2D eigenvalue weighted by atomic mass is 14.9. The van der Waals surface area contributed by atoms with Crippen LogP contribution < -0.4 is 5.32 Å². The Morgan fingerprint density at radius 1 is 1.00 bits per heavy atom. The van der Waals surface area contributed by atoms with Crippen molar-refractivity contribution in [2.45, 2.75) is 46.6 Å². The molecule has 1 unspecified atom stereocenters. The van der Waals surface area contributed by atoms with Crippen LogP contribution >= 0.6 is 0 Å². The highest BCUT2D eigenvalue weighted by molar-refractivity contribution is 5.35. The fourth-order valence-corrected chi connectivity index (χ4v) is 2.73. The van der Waals surface area contributed by atoms with Gasteiger partial charge in [0.1, 0.15) is 0 Å². The minimum absolute atomic E-state index is 0.282. The van der Waals surface area contributed by atoms with E-state index in [4.69, 9.17) is 4.98 Å². The van der Waals surface area contributed by atoms with E-state index in [0.717, 1.165) is 30.8 Å². The third-order valence-corrected chi connectivity index (χ3v) is 3.96. The Balaban J connectivity index is 2.28. The Kier molecular flexibility index (Phi) is 5.51. The van der Waals surface area contributed by atoms with Gasteiger partial charge in [0, 0.05) is 5.69 Å². The first-order valence-corrected chi connectivity index (χ1v) is 7.84.